The molecule has 1 heterocycles. The van der Waals surface area contributed by atoms with Gasteiger partial charge in [0.05, 0.1) is 5.52 Å². The Morgan fingerprint density at radius 2 is 1.70 bits per heavy atom. The number of benzene rings is 2. The van der Waals surface area contributed by atoms with Crippen LogP contribution in [0.3, 0.4) is 0 Å². The average Bonchev–Trinajstić information content (AvgIpc) is 2.46. The van der Waals surface area contributed by atoms with Crippen molar-refractivity contribution in [3.05, 3.63) is 71.4 Å². The van der Waals surface area contributed by atoms with Crippen molar-refractivity contribution in [2.45, 2.75) is 6.92 Å². The zero-order chi connectivity index (χ0) is 14.1. The van der Waals surface area contributed by atoms with E-state index in [-0.39, 0.29) is 11.6 Å². The highest BCUT2D eigenvalue weighted by atomic mass is 19.1. The number of fused-ring (bicyclic) bond motifs is 1. The highest BCUT2D eigenvalue weighted by molar-refractivity contribution is 6.14. The second kappa shape index (κ2) is 4.81. The molecule has 0 bridgehead atoms. The summed E-state index contributed by atoms with van der Waals surface area (Å²) in [6.45, 7) is 1.74. The first-order valence-electron chi connectivity index (χ1n) is 6.19. The van der Waals surface area contributed by atoms with Gasteiger partial charge in [0.1, 0.15) is 17.3 Å². The van der Waals surface area contributed by atoms with Gasteiger partial charge in [-0.3, -0.25) is 4.79 Å². The molecule has 0 radical (unpaired) electrons. The van der Waals surface area contributed by atoms with Crippen molar-refractivity contribution in [3.8, 4) is 0 Å². The average molecular weight is 266 g/mol. The maximum atomic E-state index is 12.9. The first-order chi connectivity index (χ1) is 9.65. The summed E-state index contributed by atoms with van der Waals surface area (Å²) >= 11 is 0. The van der Waals surface area contributed by atoms with Crippen LogP contribution in [0.2, 0.25) is 0 Å². The van der Waals surface area contributed by atoms with E-state index in [2.05, 4.69) is 9.97 Å². The van der Waals surface area contributed by atoms with E-state index in [4.69, 9.17) is 0 Å². The van der Waals surface area contributed by atoms with Crippen LogP contribution in [0.25, 0.3) is 10.9 Å². The fourth-order valence-corrected chi connectivity index (χ4v) is 2.10. The van der Waals surface area contributed by atoms with Gasteiger partial charge >= 0.3 is 0 Å². The number of aromatic nitrogens is 2. The molecule has 98 valence electrons. The minimum absolute atomic E-state index is 0.230. The number of aryl methyl sites for hydroxylation is 1. The summed E-state index contributed by atoms with van der Waals surface area (Å²) in [6, 6.07) is 12.8. The van der Waals surface area contributed by atoms with E-state index in [1.807, 2.05) is 24.3 Å². The summed E-state index contributed by atoms with van der Waals surface area (Å²) in [4.78, 5) is 21.1. The van der Waals surface area contributed by atoms with Crippen molar-refractivity contribution in [1.82, 2.24) is 9.97 Å². The molecule has 0 aliphatic carbocycles. The van der Waals surface area contributed by atoms with E-state index in [1.54, 1.807) is 6.92 Å². The lowest BCUT2D eigenvalue weighted by atomic mass is 10.0. The molecule has 0 unspecified atom stereocenters. The predicted molar refractivity (Wildman–Crippen MR) is 74.1 cm³/mol. The van der Waals surface area contributed by atoms with Gasteiger partial charge in [0.25, 0.3) is 0 Å². The van der Waals surface area contributed by atoms with Gasteiger partial charge in [-0.15, -0.1) is 0 Å². The van der Waals surface area contributed by atoms with Crippen molar-refractivity contribution in [2.75, 3.05) is 0 Å². The van der Waals surface area contributed by atoms with Gasteiger partial charge in [0.2, 0.25) is 5.78 Å². The van der Waals surface area contributed by atoms with E-state index in [0.717, 1.165) is 5.52 Å². The number of ketones is 1. The fourth-order valence-electron chi connectivity index (χ4n) is 2.10. The number of hydrogen-bond acceptors (Lipinski definition) is 3. The number of carbonyl (C=O) groups is 1. The largest absolute Gasteiger partial charge is 0.287 e. The molecule has 3 nitrogen and oxygen atoms in total. The Labute approximate surface area is 115 Å². The smallest absolute Gasteiger partial charge is 0.212 e. The van der Waals surface area contributed by atoms with Crippen LogP contribution in [0.1, 0.15) is 21.9 Å². The van der Waals surface area contributed by atoms with Gasteiger partial charge in [-0.1, -0.05) is 18.2 Å². The highest BCUT2D eigenvalue weighted by Crippen LogP contribution is 2.19. The molecular weight excluding hydrogens is 255 g/mol. The monoisotopic (exact) mass is 266 g/mol. The first kappa shape index (κ1) is 12.4. The first-order valence-corrected chi connectivity index (χ1v) is 6.19. The molecule has 0 amide bonds. The molecular formula is C16H11FN2O. The maximum Gasteiger partial charge on any atom is 0.212 e. The Bertz CT molecular complexity index is 797. The third-order valence-electron chi connectivity index (χ3n) is 3.04. The normalized spacial score (nSPS) is 10.7. The molecule has 0 fully saturated rings. The molecule has 0 saturated carbocycles. The summed E-state index contributed by atoms with van der Waals surface area (Å²) in [5.74, 6) is -0.0638. The van der Waals surface area contributed by atoms with Crippen molar-refractivity contribution < 1.29 is 9.18 Å². The number of carbonyl (C=O) groups excluding carboxylic acids is 1. The Balaban J connectivity index is 2.18. The highest BCUT2D eigenvalue weighted by Gasteiger charge is 2.15. The lowest BCUT2D eigenvalue weighted by Crippen LogP contribution is -2.07. The van der Waals surface area contributed by atoms with Crippen LogP contribution in [-0.2, 0) is 0 Å². The lowest BCUT2D eigenvalue weighted by molar-refractivity contribution is 0.103. The molecule has 3 aromatic rings. The predicted octanol–water partition coefficient (Wildman–Crippen LogP) is 3.31. The van der Waals surface area contributed by atoms with Gasteiger partial charge in [0.15, 0.2) is 0 Å². The zero-order valence-corrected chi connectivity index (χ0v) is 10.8. The number of rotatable bonds is 2. The molecule has 0 N–H and O–H groups in total. The molecule has 0 atom stereocenters. The second-order valence-corrected chi connectivity index (χ2v) is 4.47. The van der Waals surface area contributed by atoms with Crippen molar-refractivity contribution >= 4 is 16.7 Å². The third-order valence-corrected chi connectivity index (χ3v) is 3.04. The van der Waals surface area contributed by atoms with Crippen LogP contribution in [0.15, 0.2) is 48.5 Å². The third kappa shape index (κ3) is 2.16. The maximum absolute atomic E-state index is 12.9. The van der Waals surface area contributed by atoms with Crippen LogP contribution in [0.4, 0.5) is 4.39 Å². The molecule has 0 aliphatic heterocycles. The molecule has 1 aromatic heterocycles. The molecule has 4 heteroatoms. The van der Waals surface area contributed by atoms with Crippen LogP contribution in [0, 0.1) is 12.7 Å². The minimum Gasteiger partial charge on any atom is -0.287 e. The summed E-state index contributed by atoms with van der Waals surface area (Å²) in [7, 11) is 0. The van der Waals surface area contributed by atoms with E-state index in [1.165, 1.54) is 24.3 Å². The van der Waals surface area contributed by atoms with Crippen LogP contribution in [-0.4, -0.2) is 15.8 Å². The van der Waals surface area contributed by atoms with Gasteiger partial charge in [0, 0.05) is 10.9 Å². The summed E-state index contributed by atoms with van der Waals surface area (Å²) in [5, 5.41) is 0.701. The van der Waals surface area contributed by atoms with E-state index < -0.39 is 0 Å². The molecule has 20 heavy (non-hydrogen) atoms. The van der Waals surface area contributed by atoms with Gasteiger partial charge < -0.3 is 0 Å². The number of hydrogen-bond donors (Lipinski definition) is 0. The topological polar surface area (TPSA) is 42.9 Å². The Hall–Kier alpha value is -2.62. The Kier molecular flexibility index (Phi) is 2.99. The summed E-state index contributed by atoms with van der Waals surface area (Å²) < 4.78 is 12.9. The van der Waals surface area contributed by atoms with Gasteiger partial charge in [-0.2, -0.15) is 0 Å². The Morgan fingerprint density at radius 3 is 2.45 bits per heavy atom. The van der Waals surface area contributed by atoms with Crippen molar-refractivity contribution in [1.29, 1.82) is 0 Å². The van der Waals surface area contributed by atoms with E-state index in [0.29, 0.717) is 22.5 Å². The zero-order valence-electron chi connectivity index (χ0n) is 10.8. The molecule has 0 spiro atoms. The fraction of sp³-hybridized carbons (Fsp3) is 0.0625. The number of nitrogens with zero attached hydrogens (tertiary/aromatic N) is 2. The van der Waals surface area contributed by atoms with Crippen molar-refractivity contribution in [3.63, 3.8) is 0 Å². The lowest BCUT2D eigenvalue weighted by Gasteiger charge is -2.06. The SMILES string of the molecule is Cc1nc(C(=O)c2ccc(F)cc2)c2ccccc2n1. The molecule has 3 rings (SSSR count). The molecule has 0 aliphatic rings. The second-order valence-electron chi connectivity index (χ2n) is 4.47. The van der Waals surface area contributed by atoms with Crippen LogP contribution in [0.5, 0.6) is 0 Å². The van der Waals surface area contributed by atoms with Crippen LogP contribution >= 0.6 is 0 Å². The Morgan fingerprint density at radius 1 is 1.00 bits per heavy atom. The molecule has 2 aromatic carbocycles. The number of para-hydroxylation sites is 1. The minimum atomic E-state index is -0.370. The van der Waals surface area contributed by atoms with Crippen molar-refractivity contribution in [2.24, 2.45) is 0 Å². The van der Waals surface area contributed by atoms with E-state index in [9.17, 15) is 9.18 Å². The summed E-state index contributed by atoms with van der Waals surface area (Å²) in [5.41, 5.74) is 1.49. The quantitative estimate of drug-likeness (QED) is 0.668. The molecule has 0 saturated heterocycles. The van der Waals surface area contributed by atoms with E-state index >= 15 is 0 Å². The van der Waals surface area contributed by atoms with Crippen LogP contribution < -0.4 is 0 Å². The standard InChI is InChI=1S/C16H11FN2O/c1-10-18-14-5-3-2-4-13(14)15(19-10)16(20)11-6-8-12(17)9-7-11/h2-9H,1H3. The summed E-state index contributed by atoms with van der Waals surface area (Å²) in [6.07, 6.45) is 0. The van der Waals surface area contributed by atoms with Gasteiger partial charge in [-0.25, -0.2) is 14.4 Å². The van der Waals surface area contributed by atoms with Gasteiger partial charge in [-0.05, 0) is 37.3 Å². The number of halogens is 1.